The normalized spacial score (nSPS) is 26.2. The third-order valence-corrected chi connectivity index (χ3v) is 8.60. The van der Waals surface area contributed by atoms with Gasteiger partial charge >= 0.3 is 5.97 Å². The zero-order valence-electron chi connectivity index (χ0n) is 20.1. The average molecular weight is 554 g/mol. The van der Waals surface area contributed by atoms with Crippen LogP contribution in [0.4, 0.5) is 0 Å². The standard InChI is InChI=1S/C26H30Cl2N2O5S/c1-25(15-23(31)32)13-21(16-4-3-5-20(28)12-16)22(29-24(25)33)14-26(17-6-7-17,30-36(2,34)35)18-8-10-19(27)11-9-18/h3-5,8-12,17,21-22,30H,6-7,13-15H2,1-2H3,(H,29,33)(H,31,32). The number of rotatable bonds is 9. The van der Waals surface area contributed by atoms with Gasteiger partial charge in [0, 0.05) is 22.0 Å². The Bertz CT molecular complexity index is 1270. The lowest BCUT2D eigenvalue weighted by atomic mass is 9.66. The molecule has 0 bridgehead atoms. The fourth-order valence-corrected chi connectivity index (χ4v) is 6.99. The van der Waals surface area contributed by atoms with Crippen molar-refractivity contribution in [2.24, 2.45) is 11.3 Å². The molecule has 1 aliphatic carbocycles. The van der Waals surface area contributed by atoms with Crippen molar-refractivity contribution in [3.8, 4) is 0 Å². The second-order valence-corrected chi connectivity index (χ2v) is 13.0. The Balaban J connectivity index is 1.80. The lowest BCUT2D eigenvalue weighted by Crippen LogP contribution is -2.58. The second-order valence-electron chi connectivity index (χ2n) is 10.4. The fourth-order valence-electron chi connectivity index (χ4n) is 5.64. The number of carboxylic acid groups (broad SMARTS) is 1. The van der Waals surface area contributed by atoms with Crippen LogP contribution in [0.5, 0.6) is 0 Å². The topological polar surface area (TPSA) is 113 Å². The van der Waals surface area contributed by atoms with E-state index in [1.807, 2.05) is 30.3 Å². The molecule has 2 aliphatic rings. The Morgan fingerprint density at radius 3 is 2.39 bits per heavy atom. The van der Waals surface area contributed by atoms with E-state index < -0.39 is 33.0 Å². The van der Waals surface area contributed by atoms with E-state index in [9.17, 15) is 23.1 Å². The predicted molar refractivity (Wildman–Crippen MR) is 140 cm³/mol. The molecule has 10 heteroatoms. The minimum absolute atomic E-state index is 0.0395. The molecule has 1 saturated heterocycles. The first-order chi connectivity index (χ1) is 16.8. The largest absolute Gasteiger partial charge is 0.481 e. The van der Waals surface area contributed by atoms with Gasteiger partial charge in [0.1, 0.15) is 0 Å². The summed E-state index contributed by atoms with van der Waals surface area (Å²) in [6.07, 6.45) is 3.08. The highest BCUT2D eigenvalue weighted by atomic mass is 35.5. The summed E-state index contributed by atoms with van der Waals surface area (Å²) in [5.41, 5.74) is -0.447. The lowest BCUT2D eigenvalue weighted by molar-refractivity contribution is -0.147. The number of aliphatic carboxylic acids is 1. The molecule has 36 heavy (non-hydrogen) atoms. The highest BCUT2D eigenvalue weighted by molar-refractivity contribution is 7.88. The van der Waals surface area contributed by atoms with Crippen LogP contribution in [0.25, 0.3) is 0 Å². The van der Waals surface area contributed by atoms with Crippen molar-refractivity contribution in [2.45, 2.75) is 56.5 Å². The van der Waals surface area contributed by atoms with Crippen LogP contribution in [0.2, 0.25) is 10.0 Å². The van der Waals surface area contributed by atoms with Crippen LogP contribution in [0.3, 0.4) is 0 Å². The van der Waals surface area contributed by atoms with E-state index in [0.717, 1.165) is 30.2 Å². The molecule has 3 N–H and O–H groups in total. The maximum atomic E-state index is 13.3. The number of hydrogen-bond acceptors (Lipinski definition) is 4. The van der Waals surface area contributed by atoms with Crippen molar-refractivity contribution in [2.75, 3.05) is 6.26 Å². The minimum atomic E-state index is -3.63. The fraction of sp³-hybridized carbons (Fsp3) is 0.462. The number of hydrogen-bond donors (Lipinski definition) is 3. The Morgan fingerprint density at radius 2 is 1.83 bits per heavy atom. The summed E-state index contributed by atoms with van der Waals surface area (Å²) in [4.78, 5) is 24.9. The first-order valence-electron chi connectivity index (χ1n) is 11.8. The smallest absolute Gasteiger partial charge is 0.304 e. The number of carbonyl (C=O) groups is 2. The van der Waals surface area contributed by atoms with E-state index in [0.29, 0.717) is 16.5 Å². The van der Waals surface area contributed by atoms with E-state index in [1.54, 1.807) is 25.1 Å². The molecule has 1 saturated carbocycles. The van der Waals surface area contributed by atoms with Gasteiger partial charge in [-0.25, -0.2) is 13.1 Å². The number of piperidine rings is 1. The summed E-state index contributed by atoms with van der Waals surface area (Å²) >= 11 is 12.4. The van der Waals surface area contributed by atoms with Crippen LogP contribution < -0.4 is 10.0 Å². The van der Waals surface area contributed by atoms with Crippen molar-refractivity contribution in [3.05, 3.63) is 69.7 Å². The zero-order chi connectivity index (χ0) is 26.3. The Labute approximate surface area is 221 Å². The summed E-state index contributed by atoms with van der Waals surface area (Å²) in [7, 11) is -3.63. The molecular formula is C26H30Cl2N2O5S. The van der Waals surface area contributed by atoms with E-state index in [1.165, 1.54) is 0 Å². The van der Waals surface area contributed by atoms with Gasteiger partial charge in [-0.05, 0) is 67.0 Å². The molecule has 1 amide bonds. The number of sulfonamides is 1. The molecule has 4 rings (SSSR count). The molecule has 0 radical (unpaired) electrons. The highest BCUT2D eigenvalue weighted by Gasteiger charge is 2.53. The highest BCUT2D eigenvalue weighted by Crippen LogP contribution is 2.52. The number of halogens is 2. The molecule has 1 heterocycles. The summed E-state index contributed by atoms with van der Waals surface area (Å²) < 4.78 is 28.2. The summed E-state index contributed by atoms with van der Waals surface area (Å²) in [5.74, 6) is -1.65. The molecule has 2 aromatic carbocycles. The van der Waals surface area contributed by atoms with Crippen LogP contribution in [-0.2, 0) is 25.2 Å². The summed E-state index contributed by atoms with van der Waals surface area (Å²) in [6, 6.07) is 14.0. The van der Waals surface area contributed by atoms with Crippen LogP contribution >= 0.6 is 23.2 Å². The molecule has 0 spiro atoms. The second kappa shape index (κ2) is 9.97. The average Bonchev–Trinajstić information content (AvgIpc) is 3.61. The van der Waals surface area contributed by atoms with Crippen molar-refractivity contribution >= 4 is 45.1 Å². The summed E-state index contributed by atoms with van der Waals surface area (Å²) in [5, 5.41) is 13.6. The van der Waals surface area contributed by atoms with Crippen LogP contribution in [-0.4, -0.2) is 37.7 Å². The van der Waals surface area contributed by atoms with Crippen molar-refractivity contribution in [1.82, 2.24) is 10.0 Å². The predicted octanol–water partition coefficient (Wildman–Crippen LogP) is 4.69. The van der Waals surface area contributed by atoms with Gasteiger partial charge < -0.3 is 10.4 Å². The van der Waals surface area contributed by atoms with Gasteiger partial charge in [-0.1, -0.05) is 54.4 Å². The van der Waals surface area contributed by atoms with E-state index in [-0.39, 0.29) is 30.6 Å². The maximum Gasteiger partial charge on any atom is 0.304 e. The van der Waals surface area contributed by atoms with E-state index in [2.05, 4.69) is 10.0 Å². The minimum Gasteiger partial charge on any atom is -0.481 e. The SMILES string of the molecule is CC1(CC(=O)O)CC(c2cccc(Cl)c2)C(CC(NS(C)(=O)=O)(c2ccc(Cl)cc2)C2CC2)NC1=O. The number of carbonyl (C=O) groups excluding carboxylic acids is 1. The molecule has 1 aliphatic heterocycles. The van der Waals surface area contributed by atoms with Crippen molar-refractivity contribution < 1.29 is 23.1 Å². The van der Waals surface area contributed by atoms with Gasteiger partial charge in [-0.2, -0.15) is 0 Å². The first-order valence-corrected chi connectivity index (χ1v) is 14.5. The first kappa shape index (κ1) is 26.9. The number of benzene rings is 2. The quantitative estimate of drug-likeness (QED) is 0.417. The molecule has 0 aromatic heterocycles. The zero-order valence-corrected chi connectivity index (χ0v) is 22.5. The van der Waals surface area contributed by atoms with Gasteiger partial charge in [-0.15, -0.1) is 0 Å². The number of nitrogens with one attached hydrogen (secondary N) is 2. The molecular weight excluding hydrogens is 523 g/mol. The van der Waals surface area contributed by atoms with Crippen molar-refractivity contribution in [3.63, 3.8) is 0 Å². The van der Waals surface area contributed by atoms with Gasteiger partial charge in [0.2, 0.25) is 15.9 Å². The lowest BCUT2D eigenvalue weighted by Gasteiger charge is -2.46. The summed E-state index contributed by atoms with van der Waals surface area (Å²) in [6.45, 7) is 1.66. The van der Waals surface area contributed by atoms with E-state index >= 15 is 0 Å². The number of carboxylic acids is 1. The maximum absolute atomic E-state index is 13.3. The van der Waals surface area contributed by atoms with Crippen molar-refractivity contribution in [1.29, 1.82) is 0 Å². The Hall–Kier alpha value is -2.13. The van der Waals surface area contributed by atoms with Crippen LogP contribution in [0.1, 0.15) is 56.1 Å². The third-order valence-electron chi connectivity index (χ3n) is 7.38. The third kappa shape index (κ3) is 5.88. The molecule has 2 fully saturated rings. The molecule has 2 aromatic rings. The van der Waals surface area contributed by atoms with Crippen LogP contribution in [0, 0.1) is 11.3 Å². The number of amides is 1. The van der Waals surface area contributed by atoms with Crippen LogP contribution in [0.15, 0.2) is 48.5 Å². The Morgan fingerprint density at radius 1 is 1.17 bits per heavy atom. The van der Waals surface area contributed by atoms with E-state index in [4.69, 9.17) is 23.2 Å². The molecule has 4 unspecified atom stereocenters. The van der Waals surface area contributed by atoms with Gasteiger partial charge in [0.15, 0.2) is 0 Å². The monoisotopic (exact) mass is 552 g/mol. The van der Waals surface area contributed by atoms with Gasteiger partial charge in [-0.3, -0.25) is 9.59 Å². The molecule has 4 atom stereocenters. The van der Waals surface area contributed by atoms with Gasteiger partial charge in [0.05, 0.1) is 23.6 Å². The molecule has 194 valence electrons. The van der Waals surface area contributed by atoms with Gasteiger partial charge in [0.25, 0.3) is 0 Å². The Kier molecular flexibility index (Phi) is 7.45. The molecule has 7 nitrogen and oxygen atoms in total.